The summed E-state index contributed by atoms with van der Waals surface area (Å²) in [4.78, 5) is 11.2. The van der Waals surface area contributed by atoms with Crippen molar-refractivity contribution in [1.82, 2.24) is 0 Å². The van der Waals surface area contributed by atoms with E-state index in [0.29, 0.717) is 18.4 Å². The standard InChI is InChI=1S/C24H18ClF3O/c1-2-3-13-4-6-16-14(10-13)5-7-19-18(16)9-8-17(23(19)28)15-11-20(26)22(24(25)29)21(27)12-15/h4,6,8-12H,2-3,5,7H2,1H3. The average Bonchev–Trinajstić information content (AvgIpc) is 2.67. The summed E-state index contributed by atoms with van der Waals surface area (Å²) in [5.41, 5.74) is 4.11. The molecule has 0 spiro atoms. The number of carbonyl (C=O) groups is 1. The second-order valence-corrected chi connectivity index (χ2v) is 7.63. The number of benzene rings is 3. The Bertz CT molecular complexity index is 1110. The molecule has 4 rings (SSSR count). The van der Waals surface area contributed by atoms with Gasteiger partial charge in [0.25, 0.3) is 5.24 Å². The smallest absolute Gasteiger partial charge is 0.258 e. The summed E-state index contributed by atoms with van der Waals surface area (Å²) in [6.45, 7) is 2.13. The van der Waals surface area contributed by atoms with E-state index in [2.05, 4.69) is 19.1 Å². The topological polar surface area (TPSA) is 17.1 Å². The molecule has 0 unspecified atom stereocenters. The third-order valence-corrected chi connectivity index (χ3v) is 5.62. The second kappa shape index (κ2) is 7.68. The molecule has 0 radical (unpaired) electrons. The van der Waals surface area contributed by atoms with Gasteiger partial charge in [0.15, 0.2) is 0 Å². The Balaban J connectivity index is 1.80. The monoisotopic (exact) mass is 414 g/mol. The van der Waals surface area contributed by atoms with Crippen molar-refractivity contribution in [1.29, 1.82) is 0 Å². The third-order valence-electron chi connectivity index (χ3n) is 5.44. The molecule has 3 aromatic rings. The van der Waals surface area contributed by atoms with Gasteiger partial charge in [-0.15, -0.1) is 0 Å². The van der Waals surface area contributed by atoms with Crippen molar-refractivity contribution >= 4 is 16.8 Å². The minimum atomic E-state index is -1.23. The van der Waals surface area contributed by atoms with Gasteiger partial charge in [0.05, 0.1) is 0 Å². The number of carbonyl (C=O) groups excluding carboxylic acids is 1. The molecule has 0 fully saturated rings. The van der Waals surface area contributed by atoms with Gasteiger partial charge in [-0.3, -0.25) is 4.79 Å². The van der Waals surface area contributed by atoms with Crippen molar-refractivity contribution in [3.63, 3.8) is 0 Å². The van der Waals surface area contributed by atoms with Crippen LogP contribution in [0.15, 0.2) is 42.5 Å². The molecule has 0 aromatic heterocycles. The van der Waals surface area contributed by atoms with Crippen LogP contribution in [0.5, 0.6) is 0 Å². The van der Waals surface area contributed by atoms with E-state index in [4.69, 9.17) is 11.6 Å². The maximum absolute atomic E-state index is 15.3. The molecule has 0 atom stereocenters. The lowest BCUT2D eigenvalue weighted by molar-refractivity contribution is 0.107. The Morgan fingerprint density at radius 3 is 2.24 bits per heavy atom. The first kappa shape index (κ1) is 19.7. The molecule has 0 bridgehead atoms. The lowest BCUT2D eigenvalue weighted by Crippen LogP contribution is -2.08. The zero-order chi connectivity index (χ0) is 20.7. The zero-order valence-corrected chi connectivity index (χ0v) is 16.5. The maximum Gasteiger partial charge on any atom is 0.258 e. The molecule has 5 heteroatoms. The van der Waals surface area contributed by atoms with E-state index < -0.39 is 28.3 Å². The van der Waals surface area contributed by atoms with Gasteiger partial charge in [0, 0.05) is 5.56 Å². The lowest BCUT2D eigenvalue weighted by atomic mass is 9.82. The Morgan fingerprint density at radius 2 is 1.59 bits per heavy atom. The van der Waals surface area contributed by atoms with E-state index in [0.717, 1.165) is 36.1 Å². The molecule has 29 heavy (non-hydrogen) atoms. The first-order valence-corrected chi connectivity index (χ1v) is 9.91. The third kappa shape index (κ3) is 3.46. The zero-order valence-electron chi connectivity index (χ0n) is 15.8. The summed E-state index contributed by atoms with van der Waals surface area (Å²) in [7, 11) is 0. The second-order valence-electron chi connectivity index (χ2n) is 7.28. The highest BCUT2D eigenvalue weighted by atomic mass is 35.5. The summed E-state index contributed by atoms with van der Waals surface area (Å²) in [5, 5.41) is -1.23. The Morgan fingerprint density at radius 1 is 0.931 bits per heavy atom. The van der Waals surface area contributed by atoms with Gasteiger partial charge in [-0.25, -0.2) is 13.2 Å². The number of halogens is 4. The quantitative estimate of drug-likeness (QED) is 0.426. The number of hydrogen-bond donors (Lipinski definition) is 0. The van der Waals surface area contributed by atoms with Crippen molar-refractivity contribution < 1.29 is 18.0 Å². The van der Waals surface area contributed by atoms with Crippen LogP contribution in [-0.2, 0) is 19.3 Å². The highest BCUT2D eigenvalue weighted by molar-refractivity contribution is 6.67. The van der Waals surface area contributed by atoms with E-state index in [1.165, 1.54) is 17.2 Å². The molecule has 1 aliphatic rings. The molecule has 0 aliphatic heterocycles. The normalized spacial score (nSPS) is 12.4. The van der Waals surface area contributed by atoms with Crippen molar-refractivity contribution in [2.45, 2.75) is 32.6 Å². The fourth-order valence-electron chi connectivity index (χ4n) is 4.08. The minimum Gasteiger partial charge on any atom is -0.275 e. The van der Waals surface area contributed by atoms with Crippen LogP contribution in [0.4, 0.5) is 13.2 Å². The van der Waals surface area contributed by atoms with E-state index in [9.17, 15) is 13.6 Å². The van der Waals surface area contributed by atoms with Gasteiger partial charge in [0.2, 0.25) is 0 Å². The number of fused-ring (bicyclic) bond motifs is 3. The Labute approximate surface area is 172 Å². The fourth-order valence-corrected chi connectivity index (χ4v) is 4.26. The highest BCUT2D eigenvalue weighted by Gasteiger charge is 2.24. The molecule has 0 N–H and O–H groups in total. The first-order chi connectivity index (χ1) is 13.9. The predicted molar refractivity (Wildman–Crippen MR) is 109 cm³/mol. The van der Waals surface area contributed by atoms with Crippen molar-refractivity contribution in [2.24, 2.45) is 0 Å². The fraction of sp³-hybridized carbons (Fsp3) is 0.208. The molecule has 0 heterocycles. The van der Waals surface area contributed by atoms with Gasteiger partial charge < -0.3 is 0 Å². The van der Waals surface area contributed by atoms with Gasteiger partial charge in [-0.05, 0) is 76.4 Å². The number of rotatable bonds is 4. The van der Waals surface area contributed by atoms with Crippen LogP contribution in [0.3, 0.4) is 0 Å². The summed E-state index contributed by atoms with van der Waals surface area (Å²) in [5.74, 6) is -2.70. The van der Waals surface area contributed by atoms with Crippen LogP contribution < -0.4 is 0 Å². The lowest BCUT2D eigenvalue weighted by Gasteiger charge is -2.22. The largest absolute Gasteiger partial charge is 0.275 e. The van der Waals surface area contributed by atoms with E-state index in [1.807, 2.05) is 6.07 Å². The highest BCUT2D eigenvalue weighted by Crippen LogP contribution is 2.39. The molecule has 3 aromatic carbocycles. The Hall–Kier alpha value is -2.59. The first-order valence-electron chi connectivity index (χ1n) is 9.53. The summed E-state index contributed by atoms with van der Waals surface area (Å²) < 4.78 is 43.6. The van der Waals surface area contributed by atoms with Gasteiger partial charge in [-0.1, -0.05) is 43.7 Å². The molecule has 0 saturated heterocycles. The summed E-state index contributed by atoms with van der Waals surface area (Å²) >= 11 is 5.22. The average molecular weight is 415 g/mol. The summed E-state index contributed by atoms with van der Waals surface area (Å²) in [6.07, 6.45) is 3.30. The van der Waals surface area contributed by atoms with Crippen LogP contribution in [0.1, 0.15) is 40.4 Å². The number of hydrogen-bond acceptors (Lipinski definition) is 1. The molecule has 0 amide bonds. The molecular weight excluding hydrogens is 397 g/mol. The van der Waals surface area contributed by atoms with Crippen LogP contribution in [-0.4, -0.2) is 5.24 Å². The Kier molecular flexibility index (Phi) is 5.22. The molecule has 1 nitrogen and oxygen atoms in total. The molecule has 1 aliphatic carbocycles. The van der Waals surface area contributed by atoms with Gasteiger partial charge in [0.1, 0.15) is 23.0 Å². The SMILES string of the molecule is CCCc1ccc2c(c1)CCc1c-2ccc(-c2cc(F)c(C(=O)Cl)c(F)c2)c1F. The van der Waals surface area contributed by atoms with Crippen LogP contribution in [0, 0.1) is 17.5 Å². The summed E-state index contributed by atoms with van der Waals surface area (Å²) in [6, 6.07) is 11.5. The number of aryl methyl sites for hydroxylation is 2. The van der Waals surface area contributed by atoms with E-state index in [1.54, 1.807) is 6.07 Å². The molecule has 148 valence electrons. The van der Waals surface area contributed by atoms with E-state index in [-0.39, 0.29) is 11.1 Å². The maximum atomic E-state index is 15.3. The molecular formula is C24H18ClF3O. The van der Waals surface area contributed by atoms with Crippen LogP contribution in [0.2, 0.25) is 0 Å². The minimum absolute atomic E-state index is 0.0334. The van der Waals surface area contributed by atoms with Gasteiger partial charge in [-0.2, -0.15) is 0 Å². The van der Waals surface area contributed by atoms with E-state index >= 15 is 4.39 Å². The van der Waals surface area contributed by atoms with Crippen molar-refractivity contribution in [2.75, 3.05) is 0 Å². The molecule has 0 saturated carbocycles. The van der Waals surface area contributed by atoms with Crippen LogP contribution >= 0.6 is 11.6 Å². The van der Waals surface area contributed by atoms with Crippen molar-refractivity contribution in [3.05, 3.63) is 82.2 Å². The van der Waals surface area contributed by atoms with Gasteiger partial charge >= 0.3 is 0 Å². The van der Waals surface area contributed by atoms with Crippen LogP contribution in [0.25, 0.3) is 22.3 Å². The van der Waals surface area contributed by atoms with Crippen molar-refractivity contribution in [3.8, 4) is 22.3 Å². The predicted octanol–water partition coefficient (Wildman–Crippen LogP) is 6.87.